The lowest BCUT2D eigenvalue weighted by Crippen LogP contribution is -2.45. The molecule has 1 N–H and O–H groups in total. The highest BCUT2D eigenvalue weighted by molar-refractivity contribution is 7.83. The fourth-order valence-corrected chi connectivity index (χ4v) is 1.76. The summed E-state index contributed by atoms with van der Waals surface area (Å²) in [5.41, 5.74) is 2.26. The first-order chi connectivity index (χ1) is 9.85. The van der Waals surface area contributed by atoms with Crippen LogP contribution in [0.25, 0.3) is 0 Å². The highest BCUT2D eigenvalue weighted by Crippen LogP contribution is 2.08. The van der Waals surface area contributed by atoms with Gasteiger partial charge in [-0.25, -0.2) is 9.59 Å². The van der Waals surface area contributed by atoms with Gasteiger partial charge in [0, 0.05) is 19.2 Å². The van der Waals surface area contributed by atoms with Crippen molar-refractivity contribution in [2.24, 2.45) is 4.99 Å². The molecule has 0 radical (unpaired) electrons. The van der Waals surface area contributed by atoms with E-state index in [0.717, 1.165) is 11.3 Å². The van der Waals surface area contributed by atoms with E-state index in [1.54, 1.807) is 12.5 Å². The van der Waals surface area contributed by atoms with Gasteiger partial charge < -0.3 is 15.0 Å². The Hall–Kier alpha value is -1.76. The largest absolute Gasteiger partial charge is 0.464 e. The quantitative estimate of drug-likeness (QED) is 0.462. The Morgan fingerprint density at radius 2 is 2.29 bits per heavy atom. The minimum Gasteiger partial charge on any atom is -0.464 e. The van der Waals surface area contributed by atoms with Crippen LogP contribution < -0.4 is 5.32 Å². The van der Waals surface area contributed by atoms with Crippen LogP contribution in [0, 0.1) is 0 Å². The highest BCUT2D eigenvalue weighted by atomic mass is 32.1. The Morgan fingerprint density at radius 1 is 1.62 bits per heavy atom. The maximum Gasteiger partial charge on any atom is 0.328 e. The average Bonchev–Trinajstić information content (AvgIpc) is 2.82. The SMILES string of the molecule is C=C(C)C(C)=N/C(=C\S)CN(C)C(=O)NC1CCOC1=O. The summed E-state index contributed by atoms with van der Waals surface area (Å²) in [6.07, 6.45) is 0.501. The van der Waals surface area contributed by atoms with Crippen LogP contribution in [0.2, 0.25) is 0 Å². The molecular formula is C14H21N3O3S. The Labute approximate surface area is 130 Å². The summed E-state index contributed by atoms with van der Waals surface area (Å²) in [5, 5.41) is 4.17. The second-order valence-corrected chi connectivity index (χ2v) is 5.17. The third-order valence-electron chi connectivity index (χ3n) is 3.06. The first-order valence-electron chi connectivity index (χ1n) is 6.57. The number of allylic oxidation sites excluding steroid dienone is 1. The normalized spacial score (nSPS) is 19.2. The molecule has 1 unspecified atom stereocenters. The third kappa shape index (κ3) is 5.26. The van der Waals surface area contributed by atoms with Crippen LogP contribution in [0.15, 0.2) is 28.2 Å². The molecule has 21 heavy (non-hydrogen) atoms. The Bertz CT molecular complexity index is 500. The summed E-state index contributed by atoms with van der Waals surface area (Å²) in [6.45, 7) is 8.13. The summed E-state index contributed by atoms with van der Waals surface area (Å²) >= 11 is 4.10. The van der Waals surface area contributed by atoms with Gasteiger partial charge in [-0.05, 0) is 24.8 Å². The summed E-state index contributed by atoms with van der Waals surface area (Å²) in [7, 11) is 1.62. The Morgan fingerprint density at radius 3 is 2.76 bits per heavy atom. The van der Waals surface area contributed by atoms with Gasteiger partial charge in [0.25, 0.3) is 0 Å². The molecule has 0 aliphatic carbocycles. The van der Waals surface area contributed by atoms with Gasteiger partial charge in [-0.15, -0.1) is 12.6 Å². The standard InChI is InChI=1S/C14H21N3O3S/c1-9(2)10(3)15-11(8-21)7-17(4)14(19)16-12-5-6-20-13(12)18/h8,12,21H,1,5-7H2,2-4H3,(H,16,19)/b11-8-,15-10?. The molecule has 116 valence electrons. The smallest absolute Gasteiger partial charge is 0.328 e. The maximum atomic E-state index is 12.0. The number of nitrogens with zero attached hydrogens (tertiary/aromatic N) is 2. The molecule has 0 bridgehead atoms. The molecule has 1 atom stereocenters. The van der Waals surface area contributed by atoms with Crippen LogP contribution in [0.5, 0.6) is 0 Å². The van der Waals surface area contributed by atoms with Gasteiger partial charge in [0.15, 0.2) is 0 Å². The number of thiol groups is 1. The number of ether oxygens (including phenoxy) is 1. The van der Waals surface area contributed by atoms with E-state index in [1.165, 1.54) is 4.90 Å². The number of cyclic esters (lactones) is 1. The van der Waals surface area contributed by atoms with Crippen LogP contribution in [-0.4, -0.2) is 48.9 Å². The molecule has 0 aromatic rings. The fourth-order valence-electron chi connectivity index (χ4n) is 1.62. The fraction of sp³-hybridized carbons (Fsp3) is 0.500. The van der Waals surface area contributed by atoms with Crippen molar-refractivity contribution in [1.82, 2.24) is 10.2 Å². The lowest BCUT2D eigenvalue weighted by molar-refractivity contribution is -0.139. The Balaban J connectivity index is 2.60. The van der Waals surface area contributed by atoms with E-state index in [4.69, 9.17) is 4.74 Å². The predicted octanol–water partition coefficient (Wildman–Crippen LogP) is 1.75. The summed E-state index contributed by atoms with van der Waals surface area (Å²) in [6, 6.07) is -0.918. The van der Waals surface area contributed by atoms with E-state index < -0.39 is 12.0 Å². The van der Waals surface area contributed by atoms with Crippen molar-refractivity contribution in [2.75, 3.05) is 20.2 Å². The van der Waals surface area contributed by atoms with Crippen molar-refractivity contribution in [2.45, 2.75) is 26.3 Å². The van der Waals surface area contributed by atoms with Crippen LogP contribution in [0.4, 0.5) is 4.79 Å². The number of hydrogen-bond acceptors (Lipinski definition) is 5. The Kier molecular flexibility index (Phi) is 6.48. The first-order valence-corrected chi connectivity index (χ1v) is 7.09. The van der Waals surface area contributed by atoms with Gasteiger partial charge in [0.1, 0.15) is 6.04 Å². The summed E-state index contributed by atoms with van der Waals surface area (Å²) in [5.74, 6) is -0.391. The predicted molar refractivity (Wildman–Crippen MR) is 85.5 cm³/mol. The number of nitrogens with one attached hydrogen (secondary N) is 1. The highest BCUT2D eigenvalue weighted by Gasteiger charge is 2.28. The molecule has 1 saturated heterocycles. The molecule has 0 spiro atoms. The van der Waals surface area contributed by atoms with Crippen LogP contribution in [-0.2, 0) is 9.53 Å². The van der Waals surface area contributed by atoms with Gasteiger partial charge in [-0.2, -0.15) is 0 Å². The van der Waals surface area contributed by atoms with E-state index in [2.05, 4.69) is 29.5 Å². The number of aliphatic imine (C=N–C) groups is 1. The minimum absolute atomic E-state index is 0.279. The molecule has 1 heterocycles. The lowest BCUT2D eigenvalue weighted by Gasteiger charge is -2.19. The third-order valence-corrected chi connectivity index (χ3v) is 3.35. The molecule has 1 rings (SSSR count). The van der Waals surface area contributed by atoms with Crippen molar-refractivity contribution in [3.63, 3.8) is 0 Å². The summed E-state index contributed by atoms with van der Waals surface area (Å²) < 4.78 is 4.80. The van der Waals surface area contributed by atoms with E-state index in [-0.39, 0.29) is 12.6 Å². The molecule has 1 aliphatic rings. The van der Waals surface area contributed by atoms with Crippen molar-refractivity contribution in [3.05, 3.63) is 23.3 Å². The molecule has 2 amide bonds. The average molecular weight is 311 g/mol. The second-order valence-electron chi connectivity index (χ2n) is 4.91. The molecule has 0 aromatic carbocycles. The van der Waals surface area contributed by atoms with Gasteiger partial charge >= 0.3 is 12.0 Å². The molecule has 0 saturated carbocycles. The second kappa shape index (κ2) is 7.87. The van der Waals surface area contributed by atoms with Gasteiger partial charge in [0.05, 0.1) is 18.8 Å². The van der Waals surface area contributed by atoms with E-state index in [9.17, 15) is 9.59 Å². The van der Waals surface area contributed by atoms with Crippen LogP contribution >= 0.6 is 12.6 Å². The zero-order chi connectivity index (χ0) is 16.0. The number of urea groups is 1. The topological polar surface area (TPSA) is 71.0 Å². The van der Waals surface area contributed by atoms with Crippen molar-refractivity contribution < 1.29 is 14.3 Å². The zero-order valence-electron chi connectivity index (χ0n) is 12.5. The number of hydrogen-bond donors (Lipinski definition) is 2. The summed E-state index contributed by atoms with van der Waals surface area (Å²) in [4.78, 5) is 29.1. The molecule has 0 aromatic heterocycles. The molecule has 6 nitrogen and oxygen atoms in total. The van der Waals surface area contributed by atoms with E-state index in [1.807, 2.05) is 13.8 Å². The van der Waals surface area contributed by atoms with Crippen molar-refractivity contribution >= 4 is 30.3 Å². The number of rotatable bonds is 5. The number of carbonyl (C=O) groups is 2. The number of likely N-dealkylation sites (N-methyl/N-ethyl adjacent to an activating group) is 1. The maximum absolute atomic E-state index is 12.0. The molecule has 1 fully saturated rings. The lowest BCUT2D eigenvalue weighted by atomic mass is 10.2. The molecule has 7 heteroatoms. The van der Waals surface area contributed by atoms with Gasteiger partial charge in [0.2, 0.25) is 0 Å². The van der Waals surface area contributed by atoms with Crippen LogP contribution in [0.1, 0.15) is 20.3 Å². The first kappa shape index (κ1) is 17.3. The van der Waals surface area contributed by atoms with E-state index in [0.29, 0.717) is 18.7 Å². The van der Waals surface area contributed by atoms with Crippen molar-refractivity contribution in [3.8, 4) is 0 Å². The number of esters is 1. The van der Waals surface area contributed by atoms with E-state index >= 15 is 0 Å². The zero-order valence-corrected chi connectivity index (χ0v) is 13.4. The molecule has 1 aliphatic heterocycles. The van der Waals surface area contributed by atoms with Gasteiger partial charge in [-0.1, -0.05) is 6.58 Å². The van der Waals surface area contributed by atoms with Crippen molar-refractivity contribution in [1.29, 1.82) is 0 Å². The van der Waals surface area contributed by atoms with Crippen LogP contribution in [0.3, 0.4) is 0 Å². The van der Waals surface area contributed by atoms with Gasteiger partial charge in [-0.3, -0.25) is 4.99 Å². The number of amides is 2. The number of carbonyl (C=O) groups excluding carboxylic acids is 2. The minimum atomic E-state index is -0.566. The molecular weight excluding hydrogens is 290 g/mol. The monoisotopic (exact) mass is 311 g/mol.